The summed E-state index contributed by atoms with van der Waals surface area (Å²) in [5.41, 5.74) is 2.17. The Bertz CT molecular complexity index is 647. The van der Waals surface area contributed by atoms with Crippen molar-refractivity contribution in [2.24, 2.45) is 0 Å². The van der Waals surface area contributed by atoms with Gasteiger partial charge in [-0.25, -0.2) is 9.67 Å². The Labute approximate surface area is 143 Å². The summed E-state index contributed by atoms with van der Waals surface area (Å²) in [4.78, 5) is 20.5. The van der Waals surface area contributed by atoms with E-state index in [4.69, 9.17) is 0 Å². The summed E-state index contributed by atoms with van der Waals surface area (Å²) in [7, 11) is 2.01. The predicted octanol–water partition coefficient (Wildman–Crippen LogP) is 2.27. The lowest BCUT2D eigenvalue weighted by Gasteiger charge is -2.31. The zero-order chi connectivity index (χ0) is 16.9. The van der Waals surface area contributed by atoms with Gasteiger partial charge in [-0.2, -0.15) is 5.10 Å². The number of likely N-dealkylation sites (N-methyl/N-ethyl adjacent to an activating group) is 1. The minimum atomic E-state index is 0.184. The number of rotatable bonds is 5. The third-order valence-corrected chi connectivity index (χ3v) is 4.81. The molecule has 6 nitrogen and oxygen atoms in total. The van der Waals surface area contributed by atoms with Crippen LogP contribution in [0, 0.1) is 0 Å². The first kappa shape index (κ1) is 16.6. The molecule has 1 amide bonds. The summed E-state index contributed by atoms with van der Waals surface area (Å²) in [6, 6.07) is 8.41. The Balaban J connectivity index is 1.60. The quantitative estimate of drug-likeness (QED) is 0.845. The molecule has 1 fully saturated rings. The summed E-state index contributed by atoms with van der Waals surface area (Å²) in [5.74, 6) is 0.239. The average molecular weight is 327 g/mol. The normalized spacial score (nSPS) is 16.4. The highest BCUT2D eigenvalue weighted by atomic mass is 16.2. The van der Waals surface area contributed by atoms with Crippen LogP contribution in [0.25, 0.3) is 5.69 Å². The molecule has 0 aliphatic carbocycles. The first-order valence-electron chi connectivity index (χ1n) is 8.58. The highest BCUT2D eigenvalue weighted by Gasteiger charge is 2.20. The number of hydrogen-bond donors (Lipinski definition) is 0. The fraction of sp³-hybridized carbons (Fsp3) is 0.500. The van der Waals surface area contributed by atoms with Crippen LogP contribution < -0.4 is 0 Å². The third kappa shape index (κ3) is 3.82. The van der Waals surface area contributed by atoms with Gasteiger partial charge >= 0.3 is 0 Å². The van der Waals surface area contributed by atoms with E-state index in [2.05, 4.69) is 34.0 Å². The second-order valence-electron chi connectivity index (χ2n) is 6.46. The molecular formula is C18H25N5O. The molecule has 0 bridgehead atoms. The average Bonchev–Trinajstić information content (AvgIpc) is 3.16. The number of amides is 1. The van der Waals surface area contributed by atoms with Crippen molar-refractivity contribution < 1.29 is 4.79 Å². The van der Waals surface area contributed by atoms with Crippen LogP contribution in [0.5, 0.6) is 0 Å². The number of piperidine rings is 1. The van der Waals surface area contributed by atoms with Crippen LogP contribution in [0.15, 0.2) is 36.9 Å². The molecule has 6 heteroatoms. The predicted molar refractivity (Wildman–Crippen MR) is 92.8 cm³/mol. The highest BCUT2D eigenvalue weighted by Crippen LogP contribution is 2.20. The summed E-state index contributed by atoms with van der Waals surface area (Å²) >= 11 is 0. The standard InChI is InChI=1S/C18H25N5O/c1-15(21(2)12-18(24)22-10-4-3-5-11-22)16-6-8-17(9-7-16)23-14-19-13-20-23/h6-9,13-15H,3-5,10-12H2,1-2H3/t15-/m0/s1. The molecule has 0 unspecified atom stereocenters. The Morgan fingerprint density at radius 2 is 1.92 bits per heavy atom. The van der Waals surface area contributed by atoms with Crippen LogP contribution in [0.3, 0.4) is 0 Å². The van der Waals surface area contributed by atoms with Crippen LogP contribution in [-0.4, -0.2) is 57.2 Å². The maximum Gasteiger partial charge on any atom is 0.236 e. The first-order valence-corrected chi connectivity index (χ1v) is 8.58. The van der Waals surface area contributed by atoms with Gasteiger partial charge in [0.1, 0.15) is 12.7 Å². The van der Waals surface area contributed by atoms with Gasteiger partial charge in [0.15, 0.2) is 0 Å². The molecule has 2 aromatic rings. The van der Waals surface area contributed by atoms with Crippen LogP contribution in [-0.2, 0) is 4.79 Å². The summed E-state index contributed by atoms with van der Waals surface area (Å²) in [6.45, 7) is 4.42. The van der Waals surface area contributed by atoms with Crippen LogP contribution in [0.4, 0.5) is 0 Å². The first-order chi connectivity index (χ1) is 11.6. The molecule has 24 heavy (non-hydrogen) atoms. The maximum absolute atomic E-state index is 12.4. The smallest absolute Gasteiger partial charge is 0.236 e. The second kappa shape index (κ2) is 7.57. The van der Waals surface area contributed by atoms with E-state index in [1.807, 2.05) is 24.1 Å². The van der Waals surface area contributed by atoms with Crippen LogP contribution in [0.1, 0.15) is 37.8 Å². The van der Waals surface area contributed by atoms with Crippen molar-refractivity contribution in [1.29, 1.82) is 0 Å². The number of hydrogen-bond acceptors (Lipinski definition) is 4. The van der Waals surface area contributed by atoms with Gasteiger partial charge in [-0.1, -0.05) is 12.1 Å². The minimum absolute atomic E-state index is 0.184. The Hall–Kier alpha value is -2.21. The lowest BCUT2D eigenvalue weighted by Crippen LogP contribution is -2.42. The lowest BCUT2D eigenvalue weighted by molar-refractivity contribution is -0.133. The molecule has 2 heterocycles. The van der Waals surface area contributed by atoms with E-state index in [0.29, 0.717) is 6.54 Å². The van der Waals surface area contributed by atoms with Crippen molar-refractivity contribution in [3.05, 3.63) is 42.5 Å². The number of carbonyl (C=O) groups excluding carboxylic acids is 1. The highest BCUT2D eigenvalue weighted by molar-refractivity contribution is 5.78. The molecule has 1 saturated heterocycles. The molecule has 0 radical (unpaired) electrons. The van der Waals surface area contributed by atoms with Gasteiger partial charge < -0.3 is 4.90 Å². The fourth-order valence-electron chi connectivity index (χ4n) is 3.10. The molecule has 1 aliphatic rings. The van der Waals surface area contributed by atoms with E-state index in [1.165, 1.54) is 18.3 Å². The molecule has 1 aromatic heterocycles. The zero-order valence-corrected chi connectivity index (χ0v) is 14.4. The summed E-state index contributed by atoms with van der Waals surface area (Å²) in [5, 5.41) is 4.13. The Kier molecular flexibility index (Phi) is 5.25. The van der Waals surface area contributed by atoms with Gasteiger partial charge in [0.05, 0.1) is 12.2 Å². The van der Waals surface area contributed by atoms with Gasteiger partial charge in [-0.15, -0.1) is 0 Å². The van der Waals surface area contributed by atoms with Crippen molar-refractivity contribution in [1.82, 2.24) is 24.6 Å². The van der Waals surface area contributed by atoms with Crippen molar-refractivity contribution in [3.63, 3.8) is 0 Å². The molecule has 1 aromatic carbocycles. The molecule has 128 valence electrons. The van der Waals surface area contributed by atoms with Crippen LogP contribution >= 0.6 is 0 Å². The van der Waals surface area contributed by atoms with Crippen LogP contribution in [0.2, 0.25) is 0 Å². The largest absolute Gasteiger partial charge is 0.342 e. The summed E-state index contributed by atoms with van der Waals surface area (Å²) < 4.78 is 1.73. The summed E-state index contributed by atoms with van der Waals surface area (Å²) in [6.07, 6.45) is 6.72. The number of aromatic nitrogens is 3. The maximum atomic E-state index is 12.4. The molecular weight excluding hydrogens is 302 g/mol. The van der Waals surface area contributed by atoms with E-state index < -0.39 is 0 Å². The molecule has 0 spiro atoms. The zero-order valence-electron chi connectivity index (χ0n) is 14.4. The molecule has 0 saturated carbocycles. The van der Waals surface area contributed by atoms with Gasteiger partial charge in [0.2, 0.25) is 5.91 Å². The van der Waals surface area contributed by atoms with E-state index in [-0.39, 0.29) is 11.9 Å². The number of likely N-dealkylation sites (tertiary alicyclic amines) is 1. The monoisotopic (exact) mass is 327 g/mol. The molecule has 0 N–H and O–H groups in total. The molecule has 3 rings (SSSR count). The van der Waals surface area contributed by atoms with E-state index in [0.717, 1.165) is 31.6 Å². The van der Waals surface area contributed by atoms with Crippen molar-refractivity contribution in [3.8, 4) is 5.69 Å². The van der Waals surface area contributed by atoms with Gasteiger partial charge in [0, 0.05) is 19.1 Å². The Morgan fingerprint density at radius 3 is 2.54 bits per heavy atom. The fourth-order valence-corrected chi connectivity index (χ4v) is 3.10. The number of nitrogens with zero attached hydrogens (tertiary/aromatic N) is 5. The third-order valence-electron chi connectivity index (χ3n) is 4.81. The van der Waals surface area contributed by atoms with Crippen molar-refractivity contribution >= 4 is 5.91 Å². The van der Waals surface area contributed by atoms with Crippen molar-refractivity contribution in [2.45, 2.75) is 32.2 Å². The van der Waals surface area contributed by atoms with Gasteiger partial charge in [-0.3, -0.25) is 9.69 Å². The van der Waals surface area contributed by atoms with Gasteiger partial charge in [-0.05, 0) is 50.9 Å². The van der Waals surface area contributed by atoms with Crippen molar-refractivity contribution in [2.75, 3.05) is 26.7 Å². The molecule has 1 atom stereocenters. The lowest BCUT2D eigenvalue weighted by atomic mass is 10.1. The topological polar surface area (TPSA) is 54.3 Å². The number of benzene rings is 1. The van der Waals surface area contributed by atoms with E-state index in [1.54, 1.807) is 11.0 Å². The van der Waals surface area contributed by atoms with E-state index >= 15 is 0 Å². The Morgan fingerprint density at radius 1 is 1.21 bits per heavy atom. The number of carbonyl (C=O) groups is 1. The van der Waals surface area contributed by atoms with Gasteiger partial charge in [0.25, 0.3) is 0 Å². The minimum Gasteiger partial charge on any atom is -0.342 e. The molecule has 1 aliphatic heterocycles. The SMILES string of the molecule is C[C@@H](c1ccc(-n2cncn2)cc1)N(C)CC(=O)N1CCCCC1. The van der Waals surface area contributed by atoms with E-state index in [9.17, 15) is 4.79 Å². The second-order valence-corrected chi connectivity index (χ2v) is 6.46.